The first-order chi connectivity index (χ1) is 15.6. The molecule has 5 rings (SSSR count). The number of hydrogen-bond donors (Lipinski definition) is 0. The van der Waals surface area contributed by atoms with Gasteiger partial charge in [0.25, 0.3) is 0 Å². The SMILES string of the molecule is C=CC(=CC)n1c2ccc(-c3ccccc3)cc2c2cc(-c3cccc(=C)c3=C)ccc21. The molecule has 0 amide bonds. The molecule has 32 heavy (non-hydrogen) atoms. The van der Waals surface area contributed by atoms with Gasteiger partial charge in [0.15, 0.2) is 0 Å². The van der Waals surface area contributed by atoms with E-state index < -0.39 is 0 Å². The van der Waals surface area contributed by atoms with Crippen LogP contribution in [0.25, 0.3) is 62.9 Å². The highest BCUT2D eigenvalue weighted by Crippen LogP contribution is 2.36. The first-order valence-electron chi connectivity index (χ1n) is 10.8. The van der Waals surface area contributed by atoms with Gasteiger partial charge in [-0.1, -0.05) is 86.5 Å². The number of fused-ring (bicyclic) bond motifs is 3. The molecule has 0 spiro atoms. The highest BCUT2D eigenvalue weighted by Gasteiger charge is 2.14. The Balaban J connectivity index is 1.87. The van der Waals surface area contributed by atoms with Gasteiger partial charge in [-0.25, -0.2) is 0 Å². The zero-order valence-corrected chi connectivity index (χ0v) is 18.3. The minimum absolute atomic E-state index is 0.958. The maximum absolute atomic E-state index is 4.26. The Labute approximate surface area is 188 Å². The van der Waals surface area contributed by atoms with Crippen molar-refractivity contribution in [3.8, 4) is 22.3 Å². The van der Waals surface area contributed by atoms with Gasteiger partial charge in [-0.05, 0) is 70.0 Å². The average Bonchev–Trinajstić information content (AvgIpc) is 3.15. The fourth-order valence-electron chi connectivity index (χ4n) is 4.52. The van der Waals surface area contributed by atoms with Gasteiger partial charge in [0, 0.05) is 16.5 Å². The van der Waals surface area contributed by atoms with E-state index in [9.17, 15) is 0 Å². The van der Waals surface area contributed by atoms with Crippen LogP contribution in [0.3, 0.4) is 0 Å². The van der Waals surface area contributed by atoms with Crippen LogP contribution in [0.4, 0.5) is 0 Å². The lowest BCUT2D eigenvalue weighted by Gasteiger charge is -2.09. The van der Waals surface area contributed by atoms with Crippen molar-refractivity contribution in [3.05, 3.63) is 114 Å². The van der Waals surface area contributed by atoms with E-state index in [1.165, 1.54) is 32.9 Å². The highest BCUT2D eigenvalue weighted by molar-refractivity contribution is 6.12. The summed E-state index contributed by atoms with van der Waals surface area (Å²) in [6.07, 6.45) is 4.02. The highest BCUT2D eigenvalue weighted by atomic mass is 15.0. The molecule has 0 aliphatic heterocycles. The second-order valence-corrected chi connectivity index (χ2v) is 8.03. The average molecular weight is 412 g/mol. The smallest absolute Gasteiger partial charge is 0.0541 e. The molecule has 0 atom stereocenters. The van der Waals surface area contributed by atoms with Crippen LogP contribution in [-0.2, 0) is 0 Å². The summed E-state index contributed by atoms with van der Waals surface area (Å²) in [5, 5.41) is 4.37. The first-order valence-corrected chi connectivity index (χ1v) is 10.8. The molecule has 0 N–H and O–H groups in total. The van der Waals surface area contributed by atoms with Crippen LogP contribution in [0.5, 0.6) is 0 Å². The molecule has 1 heterocycles. The van der Waals surface area contributed by atoms with Crippen LogP contribution in [0, 0.1) is 0 Å². The Morgan fingerprint density at radius 1 is 0.719 bits per heavy atom. The molecule has 0 saturated heterocycles. The zero-order chi connectivity index (χ0) is 22.2. The monoisotopic (exact) mass is 411 g/mol. The van der Waals surface area contributed by atoms with E-state index in [0.717, 1.165) is 27.3 Å². The van der Waals surface area contributed by atoms with Crippen molar-refractivity contribution < 1.29 is 0 Å². The molecule has 154 valence electrons. The standard InChI is InChI=1S/C31H25N/c1-5-26(6-2)32-30-17-15-24(23-12-8-7-9-13-23)19-28(30)29-20-25(16-18-31(29)32)27-14-10-11-21(3)22(27)4/h5-20H,1,3-4H2,2H3. The molecule has 5 aromatic rings. The molecule has 1 aromatic heterocycles. The topological polar surface area (TPSA) is 4.93 Å². The van der Waals surface area contributed by atoms with Crippen LogP contribution in [0.15, 0.2) is 104 Å². The third-order valence-corrected chi connectivity index (χ3v) is 6.22. The summed E-state index contributed by atoms with van der Waals surface area (Å²) < 4.78 is 2.29. The van der Waals surface area contributed by atoms with E-state index in [-0.39, 0.29) is 0 Å². The van der Waals surface area contributed by atoms with E-state index in [1.54, 1.807) is 0 Å². The lowest BCUT2D eigenvalue weighted by Crippen LogP contribution is -2.22. The molecule has 0 unspecified atom stereocenters. The van der Waals surface area contributed by atoms with Crippen molar-refractivity contribution in [3.63, 3.8) is 0 Å². The van der Waals surface area contributed by atoms with Crippen LogP contribution >= 0.6 is 0 Å². The van der Waals surface area contributed by atoms with Gasteiger partial charge in [0.1, 0.15) is 0 Å². The van der Waals surface area contributed by atoms with Crippen molar-refractivity contribution in [2.45, 2.75) is 6.92 Å². The van der Waals surface area contributed by atoms with Crippen molar-refractivity contribution in [1.82, 2.24) is 4.57 Å². The summed E-state index contributed by atoms with van der Waals surface area (Å²) in [5.74, 6) is 0. The summed E-state index contributed by atoms with van der Waals surface area (Å²) in [6, 6.07) is 30.1. The summed E-state index contributed by atoms with van der Waals surface area (Å²) in [4.78, 5) is 0. The van der Waals surface area contributed by atoms with Gasteiger partial charge in [0.05, 0.1) is 11.0 Å². The second-order valence-electron chi connectivity index (χ2n) is 8.03. The van der Waals surface area contributed by atoms with Crippen molar-refractivity contribution in [1.29, 1.82) is 0 Å². The first kappa shape index (κ1) is 19.8. The Kier molecular flexibility index (Phi) is 4.88. The maximum Gasteiger partial charge on any atom is 0.0541 e. The van der Waals surface area contributed by atoms with E-state index >= 15 is 0 Å². The van der Waals surface area contributed by atoms with Gasteiger partial charge in [-0.2, -0.15) is 0 Å². The van der Waals surface area contributed by atoms with Crippen LogP contribution in [0.2, 0.25) is 0 Å². The fraction of sp³-hybridized carbons (Fsp3) is 0.0323. The third kappa shape index (κ3) is 3.11. The fourth-order valence-corrected chi connectivity index (χ4v) is 4.52. The maximum atomic E-state index is 4.26. The van der Waals surface area contributed by atoms with E-state index in [2.05, 4.69) is 110 Å². The van der Waals surface area contributed by atoms with Crippen molar-refractivity contribution >= 4 is 40.7 Å². The molecule has 1 nitrogen and oxygen atoms in total. The summed E-state index contributed by atoms with van der Waals surface area (Å²) in [7, 11) is 0. The van der Waals surface area contributed by atoms with E-state index in [4.69, 9.17) is 0 Å². The van der Waals surface area contributed by atoms with Crippen molar-refractivity contribution in [2.24, 2.45) is 0 Å². The summed E-state index contributed by atoms with van der Waals surface area (Å²) in [6.45, 7) is 14.5. The minimum atomic E-state index is 0.958. The summed E-state index contributed by atoms with van der Waals surface area (Å²) >= 11 is 0. The lowest BCUT2D eigenvalue weighted by atomic mass is 9.99. The zero-order valence-electron chi connectivity index (χ0n) is 18.3. The third-order valence-electron chi connectivity index (χ3n) is 6.22. The van der Waals surface area contributed by atoms with Crippen LogP contribution < -0.4 is 10.4 Å². The molecular weight excluding hydrogens is 386 g/mol. The molecule has 0 aliphatic carbocycles. The molecule has 0 bridgehead atoms. The molecule has 0 fully saturated rings. The summed E-state index contributed by atoms with van der Waals surface area (Å²) in [5.41, 5.74) is 8.10. The number of aromatic nitrogens is 1. The number of allylic oxidation sites excluding steroid dienone is 3. The lowest BCUT2D eigenvalue weighted by molar-refractivity contribution is 1.23. The van der Waals surface area contributed by atoms with Gasteiger partial charge >= 0.3 is 0 Å². The molecular formula is C31H25N. The number of rotatable bonds is 4. The Morgan fingerprint density at radius 2 is 1.38 bits per heavy atom. The molecule has 0 aliphatic rings. The molecule has 0 radical (unpaired) electrons. The number of nitrogens with zero attached hydrogens (tertiary/aromatic N) is 1. The molecule has 0 saturated carbocycles. The Hall–Kier alpha value is -4.10. The Morgan fingerprint density at radius 3 is 2.03 bits per heavy atom. The van der Waals surface area contributed by atoms with Gasteiger partial charge < -0.3 is 4.57 Å². The second kappa shape index (κ2) is 7.86. The van der Waals surface area contributed by atoms with Gasteiger partial charge in [-0.15, -0.1) is 0 Å². The number of hydrogen-bond acceptors (Lipinski definition) is 0. The number of benzene rings is 4. The van der Waals surface area contributed by atoms with Gasteiger partial charge in [0.2, 0.25) is 0 Å². The molecule has 4 aromatic carbocycles. The quantitative estimate of drug-likeness (QED) is 0.281. The predicted octanol–water partition coefficient (Wildman–Crippen LogP) is 7.00. The van der Waals surface area contributed by atoms with E-state index in [1.807, 2.05) is 18.2 Å². The predicted molar refractivity (Wildman–Crippen MR) is 141 cm³/mol. The van der Waals surface area contributed by atoms with Crippen LogP contribution in [-0.4, -0.2) is 4.57 Å². The Bertz CT molecular complexity index is 1610. The minimum Gasteiger partial charge on any atom is -0.310 e. The van der Waals surface area contributed by atoms with Crippen molar-refractivity contribution in [2.75, 3.05) is 0 Å². The van der Waals surface area contributed by atoms with Gasteiger partial charge in [-0.3, -0.25) is 0 Å². The normalized spacial score (nSPS) is 11.8. The van der Waals surface area contributed by atoms with E-state index in [0.29, 0.717) is 0 Å². The largest absolute Gasteiger partial charge is 0.310 e. The van der Waals surface area contributed by atoms with Crippen LogP contribution in [0.1, 0.15) is 6.92 Å². The molecule has 1 heteroatoms.